The van der Waals surface area contributed by atoms with Crippen LogP contribution in [0.4, 0.5) is 0 Å². The van der Waals surface area contributed by atoms with Crippen molar-refractivity contribution in [3.8, 4) is 23.0 Å². The first-order chi connectivity index (χ1) is 15.8. The number of hydrogen-bond acceptors (Lipinski definition) is 6. The van der Waals surface area contributed by atoms with Crippen LogP contribution < -0.4 is 18.9 Å². The molecule has 0 atom stereocenters. The number of ether oxygens (including phenoxy) is 4. The largest absolute Gasteiger partial charge is 0.497 e. The fourth-order valence-electron chi connectivity index (χ4n) is 3.33. The van der Waals surface area contributed by atoms with Gasteiger partial charge in [-0.25, -0.2) is 8.42 Å². The van der Waals surface area contributed by atoms with Crippen molar-refractivity contribution in [1.82, 2.24) is 4.31 Å². The minimum atomic E-state index is -3.86. The highest BCUT2D eigenvalue weighted by Gasteiger charge is 2.27. The highest BCUT2D eigenvalue weighted by Crippen LogP contribution is 2.32. The van der Waals surface area contributed by atoms with Crippen molar-refractivity contribution in [1.29, 1.82) is 0 Å². The zero-order valence-electron chi connectivity index (χ0n) is 18.9. The van der Waals surface area contributed by atoms with Crippen molar-refractivity contribution in [2.45, 2.75) is 18.0 Å². The quantitative estimate of drug-likeness (QED) is 0.368. The van der Waals surface area contributed by atoms with Crippen molar-refractivity contribution < 1.29 is 27.4 Å². The molecular weight excluding hydrogens is 510 g/mol. The first kappa shape index (κ1) is 24.9. The van der Waals surface area contributed by atoms with Crippen LogP contribution in [0.2, 0.25) is 0 Å². The summed E-state index contributed by atoms with van der Waals surface area (Å²) in [6, 6.07) is 17.2. The van der Waals surface area contributed by atoms with E-state index in [0.29, 0.717) is 34.1 Å². The molecule has 0 bridgehead atoms. The van der Waals surface area contributed by atoms with Gasteiger partial charge in [0.15, 0.2) is 0 Å². The Bertz CT molecular complexity index is 1140. The lowest BCUT2D eigenvalue weighted by atomic mass is 10.1. The van der Waals surface area contributed by atoms with Crippen molar-refractivity contribution in [3.63, 3.8) is 0 Å². The summed E-state index contributed by atoms with van der Waals surface area (Å²) in [5.41, 5.74) is 1.40. The molecule has 0 heterocycles. The van der Waals surface area contributed by atoms with Crippen LogP contribution in [0.15, 0.2) is 70.0 Å². The van der Waals surface area contributed by atoms with Gasteiger partial charge in [0.1, 0.15) is 23.0 Å². The van der Waals surface area contributed by atoms with E-state index >= 15 is 0 Å². The molecule has 3 rings (SSSR count). The summed E-state index contributed by atoms with van der Waals surface area (Å²) in [5.74, 6) is 2.31. The van der Waals surface area contributed by atoms with E-state index in [1.807, 2.05) is 0 Å². The van der Waals surface area contributed by atoms with Crippen molar-refractivity contribution in [3.05, 3.63) is 76.3 Å². The molecule has 0 aromatic heterocycles. The number of sulfonamides is 1. The molecule has 3 aromatic carbocycles. The average Bonchev–Trinajstić information content (AvgIpc) is 2.84. The van der Waals surface area contributed by atoms with Gasteiger partial charge in [0.2, 0.25) is 10.0 Å². The molecule has 0 aliphatic rings. The van der Waals surface area contributed by atoms with Gasteiger partial charge in [-0.3, -0.25) is 0 Å². The van der Waals surface area contributed by atoms with Gasteiger partial charge in [-0.15, -0.1) is 0 Å². The van der Waals surface area contributed by atoms with Gasteiger partial charge in [0.25, 0.3) is 0 Å². The topological polar surface area (TPSA) is 74.3 Å². The van der Waals surface area contributed by atoms with Crippen LogP contribution in [0.1, 0.15) is 11.1 Å². The van der Waals surface area contributed by atoms with E-state index in [0.717, 1.165) is 4.47 Å². The van der Waals surface area contributed by atoms with Crippen LogP contribution in [0.3, 0.4) is 0 Å². The lowest BCUT2D eigenvalue weighted by molar-refractivity contribution is 0.358. The molecule has 0 saturated heterocycles. The van der Waals surface area contributed by atoms with Gasteiger partial charge in [0.05, 0.1) is 33.3 Å². The van der Waals surface area contributed by atoms with Gasteiger partial charge < -0.3 is 18.9 Å². The van der Waals surface area contributed by atoms with E-state index in [2.05, 4.69) is 15.9 Å². The van der Waals surface area contributed by atoms with E-state index < -0.39 is 10.0 Å². The molecule has 9 heteroatoms. The average molecular weight is 536 g/mol. The SMILES string of the molecule is COc1ccc(CN(Cc2ccc(OC)cc2OC)S(=O)(=O)c2ccc(Br)cc2)c(OC)c1. The fraction of sp³-hybridized carbons (Fsp3) is 0.250. The van der Waals surface area contributed by atoms with Gasteiger partial charge in [0, 0.05) is 40.8 Å². The number of methoxy groups -OCH3 is 4. The van der Waals surface area contributed by atoms with Crippen LogP contribution in [0, 0.1) is 0 Å². The van der Waals surface area contributed by atoms with E-state index in [4.69, 9.17) is 18.9 Å². The highest BCUT2D eigenvalue weighted by atomic mass is 79.9. The number of nitrogens with zero attached hydrogens (tertiary/aromatic N) is 1. The third-order valence-corrected chi connectivity index (χ3v) is 7.47. The molecule has 33 heavy (non-hydrogen) atoms. The number of benzene rings is 3. The van der Waals surface area contributed by atoms with E-state index in [1.165, 1.54) is 4.31 Å². The predicted molar refractivity (Wildman–Crippen MR) is 130 cm³/mol. The monoisotopic (exact) mass is 535 g/mol. The molecule has 7 nitrogen and oxygen atoms in total. The predicted octanol–water partition coefficient (Wildman–Crippen LogP) is 4.87. The van der Waals surface area contributed by atoms with Gasteiger partial charge in [-0.2, -0.15) is 4.31 Å². The Balaban J connectivity index is 2.06. The number of rotatable bonds is 10. The molecular formula is C24H26BrNO6S. The van der Waals surface area contributed by atoms with Crippen molar-refractivity contribution in [2.24, 2.45) is 0 Å². The maximum Gasteiger partial charge on any atom is 0.243 e. The molecule has 0 N–H and O–H groups in total. The van der Waals surface area contributed by atoms with Crippen molar-refractivity contribution >= 4 is 26.0 Å². The fourth-order valence-corrected chi connectivity index (χ4v) is 4.99. The van der Waals surface area contributed by atoms with Crippen LogP contribution in [0.25, 0.3) is 0 Å². The van der Waals surface area contributed by atoms with Crippen LogP contribution in [0.5, 0.6) is 23.0 Å². The Hall–Kier alpha value is -2.75. The van der Waals surface area contributed by atoms with E-state index in [-0.39, 0.29) is 18.0 Å². The summed E-state index contributed by atoms with van der Waals surface area (Å²) >= 11 is 3.36. The van der Waals surface area contributed by atoms with Gasteiger partial charge in [-0.1, -0.05) is 28.1 Å². The maximum absolute atomic E-state index is 13.7. The molecule has 0 spiro atoms. The Morgan fingerprint density at radius 2 is 1.15 bits per heavy atom. The van der Waals surface area contributed by atoms with Gasteiger partial charge in [-0.05, 0) is 36.4 Å². The molecule has 0 unspecified atom stereocenters. The summed E-state index contributed by atoms with van der Waals surface area (Å²) in [4.78, 5) is 0.186. The first-order valence-corrected chi connectivity index (χ1v) is 12.2. The Labute approximate surface area is 203 Å². The summed E-state index contributed by atoms with van der Waals surface area (Å²) in [6.07, 6.45) is 0. The van der Waals surface area contributed by atoms with E-state index in [1.54, 1.807) is 89.1 Å². The first-order valence-electron chi connectivity index (χ1n) is 10.00. The Kier molecular flexibility index (Phi) is 8.23. The summed E-state index contributed by atoms with van der Waals surface area (Å²) in [6.45, 7) is 0.168. The van der Waals surface area contributed by atoms with Crippen LogP contribution in [-0.2, 0) is 23.1 Å². The highest BCUT2D eigenvalue weighted by molar-refractivity contribution is 9.10. The van der Waals surface area contributed by atoms with Crippen molar-refractivity contribution in [2.75, 3.05) is 28.4 Å². The molecule has 0 aliphatic heterocycles. The number of halogens is 1. The Morgan fingerprint density at radius 3 is 1.55 bits per heavy atom. The second-order valence-electron chi connectivity index (χ2n) is 7.08. The smallest absolute Gasteiger partial charge is 0.243 e. The zero-order chi connectivity index (χ0) is 24.0. The molecule has 0 fully saturated rings. The molecule has 0 amide bonds. The minimum Gasteiger partial charge on any atom is -0.497 e. The molecule has 0 aliphatic carbocycles. The molecule has 3 aromatic rings. The lowest BCUT2D eigenvalue weighted by Crippen LogP contribution is -2.30. The standard InChI is InChI=1S/C24H26BrNO6S/c1-29-20-9-5-17(23(13-20)31-3)15-26(33(27,28)22-11-7-19(25)8-12-22)16-18-6-10-21(30-2)14-24(18)32-4/h5-14H,15-16H2,1-4H3. The van der Waals surface area contributed by atoms with E-state index in [9.17, 15) is 8.42 Å². The summed E-state index contributed by atoms with van der Waals surface area (Å²) in [7, 11) is 2.35. The Morgan fingerprint density at radius 1 is 0.697 bits per heavy atom. The second kappa shape index (κ2) is 10.9. The second-order valence-corrected chi connectivity index (χ2v) is 9.94. The maximum atomic E-state index is 13.7. The normalized spacial score (nSPS) is 11.3. The molecule has 0 radical (unpaired) electrons. The summed E-state index contributed by atoms with van der Waals surface area (Å²) < 4.78 is 51.1. The third-order valence-electron chi connectivity index (χ3n) is 5.13. The minimum absolute atomic E-state index is 0.0841. The lowest BCUT2D eigenvalue weighted by Gasteiger charge is -2.24. The third kappa shape index (κ3) is 5.79. The van der Waals surface area contributed by atoms with Crippen LogP contribution >= 0.6 is 15.9 Å². The summed E-state index contributed by atoms with van der Waals surface area (Å²) in [5, 5.41) is 0. The van der Waals surface area contributed by atoms with Gasteiger partial charge >= 0.3 is 0 Å². The number of hydrogen-bond donors (Lipinski definition) is 0. The van der Waals surface area contributed by atoms with Crippen LogP contribution in [-0.4, -0.2) is 41.2 Å². The zero-order valence-corrected chi connectivity index (χ0v) is 21.3. The molecule has 176 valence electrons. The molecule has 0 saturated carbocycles.